The fourth-order valence-corrected chi connectivity index (χ4v) is 3.92. The highest BCUT2D eigenvalue weighted by atomic mass is 19.1. The Labute approximate surface area is 204 Å². The van der Waals surface area contributed by atoms with Gasteiger partial charge in [0.15, 0.2) is 0 Å². The monoisotopic (exact) mass is 467 g/mol. The van der Waals surface area contributed by atoms with Gasteiger partial charge in [0.25, 0.3) is 0 Å². The summed E-state index contributed by atoms with van der Waals surface area (Å²) >= 11 is 0. The van der Waals surface area contributed by atoms with Gasteiger partial charge >= 0.3 is 5.97 Å². The lowest BCUT2D eigenvalue weighted by molar-refractivity contribution is -0.142. The molecule has 5 heteroatoms. The molecule has 0 bridgehead atoms. The van der Waals surface area contributed by atoms with Crippen LogP contribution in [0.4, 0.5) is 4.39 Å². The number of benzene rings is 4. The molecule has 0 heterocycles. The summed E-state index contributed by atoms with van der Waals surface area (Å²) in [5.74, 6) is -0.742. The molecule has 0 aromatic heterocycles. The number of hydrogen-bond acceptors (Lipinski definition) is 4. The van der Waals surface area contributed by atoms with Crippen molar-refractivity contribution in [3.8, 4) is 28.0 Å². The van der Waals surface area contributed by atoms with Gasteiger partial charge in [0.05, 0.1) is 7.11 Å². The molecular formula is C30H26FNO3. The van der Waals surface area contributed by atoms with E-state index in [1.165, 1.54) is 19.2 Å². The molecule has 1 atom stereocenters. The minimum atomic E-state index is -0.705. The van der Waals surface area contributed by atoms with Crippen LogP contribution in [0.2, 0.25) is 0 Å². The number of ether oxygens (including phenoxy) is 1. The fraction of sp³-hybridized carbons (Fsp3) is 0.100. The molecule has 4 rings (SSSR count). The number of phenols is 1. The molecule has 4 nitrogen and oxygen atoms in total. The zero-order valence-corrected chi connectivity index (χ0v) is 19.4. The van der Waals surface area contributed by atoms with Gasteiger partial charge in [-0.25, -0.2) is 9.18 Å². The highest BCUT2D eigenvalue weighted by molar-refractivity contribution is 5.81. The number of halogens is 1. The first-order valence-electron chi connectivity index (χ1n) is 11.2. The standard InChI is InChI=1S/C30H26FNO3/c1-20(27-19-25(14-17-29(27)33)24-12-15-26(31)16-13-24)32-28(30(34)35-2)18-21-8-10-23(11-9-21)22-6-4-3-5-7-22/h3-17,19,28,32-33H,1,18H2,2H3/t28-/m0/s1. The molecule has 0 aliphatic carbocycles. The highest BCUT2D eigenvalue weighted by Gasteiger charge is 2.21. The van der Waals surface area contributed by atoms with E-state index in [1.807, 2.05) is 54.6 Å². The molecule has 0 spiro atoms. The van der Waals surface area contributed by atoms with E-state index in [0.29, 0.717) is 17.7 Å². The van der Waals surface area contributed by atoms with E-state index in [1.54, 1.807) is 30.3 Å². The lowest BCUT2D eigenvalue weighted by Gasteiger charge is -2.20. The van der Waals surface area contributed by atoms with Crippen LogP contribution in [-0.4, -0.2) is 24.2 Å². The van der Waals surface area contributed by atoms with Crippen LogP contribution in [0.3, 0.4) is 0 Å². The van der Waals surface area contributed by atoms with Crippen LogP contribution in [0.15, 0.2) is 104 Å². The van der Waals surface area contributed by atoms with Gasteiger partial charge in [-0.15, -0.1) is 0 Å². The molecule has 0 aliphatic heterocycles. The van der Waals surface area contributed by atoms with Crippen molar-refractivity contribution in [3.63, 3.8) is 0 Å². The molecule has 0 radical (unpaired) electrons. The molecule has 0 amide bonds. The van der Waals surface area contributed by atoms with Crippen LogP contribution < -0.4 is 5.32 Å². The number of carbonyl (C=O) groups is 1. The van der Waals surface area contributed by atoms with Gasteiger partial charge in [-0.2, -0.15) is 0 Å². The minimum Gasteiger partial charge on any atom is -0.507 e. The smallest absolute Gasteiger partial charge is 0.328 e. The molecule has 0 saturated heterocycles. The molecular weight excluding hydrogens is 441 g/mol. The first kappa shape index (κ1) is 23.8. The maximum Gasteiger partial charge on any atom is 0.328 e. The molecule has 4 aromatic rings. The van der Waals surface area contributed by atoms with Crippen molar-refractivity contribution in [3.05, 3.63) is 121 Å². The summed E-state index contributed by atoms with van der Waals surface area (Å²) in [5, 5.41) is 13.6. The number of nitrogens with one attached hydrogen (secondary N) is 1. The zero-order chi connectivity index (χ0) is 24.8. The Bertz CT molecular complexity index is 1320. The molecule has 0 aliphatic rings. The second-order valence-electron chi connectivity index (χ2n) is 8.20. The summed E-state index contributed by atoms with van der Waals surface area (Å²) in [4.78, 5) is 12.6. The Kier molecular flexibility index (Phi) is 7.27. The third-order valence-corrected chi connectivity index (χ3v) is 5.83. The third-order valence-electron chi connectivity index (χ3n) is 5.83. The number of esters is 1. The highest BCUT2D eigenvalue weighted by Crippen LogP contribution is 2.30. The van der Waals surface area contributed by atoms with Gasteiger partial charge in [-0.3, -0.25) is 0 Å². The predicted molar refractivity (Wildman–Crippen MR) is 137 cm³/mol. The second kappa shape index (κ2) is 10.7. The molecule has 0 fully saturated rings. The molecule has 176 valence electrons. The van der Waals surface area contributed by atoms with Gasteiger partial charge in [0, 0.05) is 17.7 Å². The number of methoxy groups -OCH3 is 1. The predicted octanol–water partition coefficient (Wildman–Crippen LogP) is 6.21. The second-order valence-corrected chi connectivity index (χ2v) is 8.20. The van der Waals surface area contributed by atoms with Crippen molar-refractivity contribution in [2.24, 2.45) is 0 Å². The lowest BCUT2D eigenvalue weighted by atomic mass is 9.99. The summed E-state index contributed by atoms with van der Waals surface area (Å²) in [5.41, 5.74) is 5.55. The largest absolute Gasteiger partial charge is 0.507 e. The third kappa shape index (κ3) is 5.76. The summed E-state index contributed by atoms with van der Waals surface area (Å²) in [7, 11) is 1.34. The van der Waals surface area contributed by atoms with E-state index in [2.05, 4.69) is 11.9 Å². The first-order valence-corrected chi connectivity index (χ1v) is 11.2. The van der Waals surface area contributed by atoms with Crippen LogP contribution in [0.25, 0.3) is 28.0 Å². The number of rotatable bonds is 8. The lowest BCUT2D eigenvalue weighted by Crippen LogP contribution is -2.38. The van der Waals surface area contributed by atoms with Crippen LogP contribution in [-0.2, 0) is 16.0 Å². The average molecular weight is 468 g/mol. The van der Waals surface area contributed by atoms with Gasteiger partial charge in [-0.1, -0.05) is 79.4 Å². The molecule has 4 aromatic carbocycles. The molecule has 2 N–H and O–H groups in total. The molecule has 35 heavy (non-hydrogen) atoms. The Hall–Kier alpha value is -4.38. The quantitative estimate of drug-likeness (QED) is 0.303. The van der Waals surface area contributed by atoms with Gasteiger partial charge in [0.1, 0.15) is 17.6 Å². The van der Waals surface area contributed by atoms with Crippen molar-refractivity contribution >= 4 is 11.7 Å². The minimum absolute atomic E-state index is 0.0178. The van der Waals surface area contributed by atoms with E-state index in [-0.39, 0.29) is 11.6 Å². The average Bonchev–Trinajstić information content (AvgIpc) is 2.89. The van der Waals surface area contributed by atoms with Crippen LogP contribution >= 0.6 is 0 Å². The summed E-state index contributed by atoms with van der Waals surface area (Å²) in [6.45, 7) is 4.05. The Morgan fingerprint density at radius 2 is 1.46 bits per heavy atom. The van der Waals surface area contributed by atoms with E-state index in [0.717, 1.165) is 27.8 Å². The normalized spacial score (nSPS) is 11.5. The van der Waals surface area contributed by atoms with Gasteiger partial charge in [0.2, 0.25) is 0 Å². The van der Waals surface area contributed by atoms with Crippen molar-refractivity contribution in [2.75, 3.05) is 7.11 Å². The number of aromatic hydroxyl groups is 1. The zero-order valence-electron chi connectivity index (χ0n) is 19.4. The SMILES string of the molecule is C=C(N[C@@H](Cc1ccc(-c2ccccc2)cc1)C(=O)OC)c1cc(-c2ccc(F)cc2)ccc1O. The first-order chi connectivity index (χ1) is 16.9. The van der Waals surface area contributed by atoms with E-state index >= 15 is 0 Å². The van der Waals surface area contributed by atoms with Gasteiger partial charge in [-0.05, 0) is 52.1 Å². The van der Waals surface area contributed by atoms with Crippen molar-refractivity contribution in [1.82, 2.24) is 5.32 Å². The maximum atomic E-state index is 13.3. The van der Waals surface area contributed by atoms with E-state index in [9.17, 15) is 14.3 Å². The Morgan fingerprint density at radius 3 is 2.11 bits per heavy atom. The van der Waals surface area contributed by atoms with Crippen LogP contribution in [0.5, 0.6) is 5.75 Å². The van der Waals surface area contributed by atoms with Crippen LogP contribution in [0, 0.1) is 5.82 Å². The van der Waals surface area contributed by atoms with Crippen molar-refractivity contribution in [1.29, 1.82) is 0 Å². The number of carbonyl (C=O) groups excluding carboxylic acids is 1. The Balaban J connectivity index is 1.53. The maximum absolute atomic E-state index is 13.3. The van der Waals surface area contributed by atoms with E-state index < -0.39 is 12.0 Å². The van der Waals surface area contributed by atoms with Crippen LogP contribution in [0.1, 0.15) is 11.1 Å². The van der Waals surface area contributed by atoms with Crippen molar-refractivity contribution in [2.45, 2.75) is 12.5 Å². The molecule has 0 unspecified atom stereocenters. The summed E-state index contributed by atoms with van der Waals surface area (Å²) in [6.07, 6.45) is 0.374. The summed E-state index contributed by atoms with van der Waals surface area (Å²) in [6, 6.07) is 28.5. The Morgan fingerprint density at radius 1 is 0.886 bits per heavy atom. The van der Waals surface area contributed by atoms with Gasteiger partial charge < -0.3 is 15.2 Å². The number of phenolic OH excluding ortho intramolecular Hbond substituents is 1. The van der Waals surface area contributed by atoms with E-state index in [4.69, 9.17) is 4.74 Å². The summed E-state index contributed by atoms with van der Waals surface area (Å²) < 4.78 is 18.3. The van der Waals surface area contributed by atoms with Crippen molar-refractivity contribution < 1.29 is 19.0 Å². The molecule has 0 saturated carbocycles. The topological polar surface area (TPSA) is 58.6 Å². The number of hydrogen-bond donors (Lipinski definition) is 2. The fourth-order valence-electron chi connectivity index (χ4n) is 3.92.